The molecule has 3 unspecified atom stereocenters. The first-order chi connectivity index (χ1) is 5.95. The van der Waals surface area contributed by atoms with Gasteiger partial charge in [-0.1, -0.05) is 41.5 Å². The fourth-order valence-corrected chi connectivity index (χ4v) is 3.35. The topological polar surface area (TPSA) is 0 Å². The van der Waals surface area contributed by atoms with Gasteiger partial charge in [-0.2, -0.15) is 0 Å². The van der Waals surface area contributed by atoms with Gasteiger partial charge in [-0.25, -0.2) is 0 Å². The first-order valence-electron chi connectivity index (χ1n) is 5.95. The largest absolute Gasteiger partial charge is 0.0625 e. The molecular formula is C13H26. The smallest absolute Gasteiger partial charge is 0.0339 e. The second kappa shape index (κ2) is 4.02. The summed E-state index contributed by atoms with van der Waals surface area (Å²) in [6, 6.07) is 0. The van der Waals surface area contributed by atoms with Crippen molar-refractivity contribution in [3.05, 3.63) is 0 Å². The predicted molar refractivity (Wildman–Crippen MR) is 59.6 cm³/mol. The zero-order chi connectivity index (χ0) is 10.2. The third-order valence-corrected chi connectivity index (χ3v) is 3.99. The van der Waals surface area contributed by atoms with Gasteiger partial charge in [-0.05, 0) is 41.9 Å². The highest BCUT2D eigenvalue weighted by atomic mass is 14.5. The Morgan fingerprint density at radius 2 is 1.31 bits per heavy atom. The minimum absolute atomic E-state index is 0.850. The first-order valence-corrected chi connectivity index (χ1v) is 5.95. The van der Waals surface area contributed by atoms with E-state index < -0.39 is 0 Å². The van der Waals surface area contributed by atoms with E-state index in [9.17, 15) is 0 Å². The Kier molecular flexibility index (Phi) is 3.43. The van der Waals surface area contributed by atoms with Gasteiger partial charge < -0.3 is 0 Å². The molecule has 13 heavy (non-hydrogen) atoms. The number of hydrogen-bond acceptors (Lipinski definition) is 0. The second-order valence-corrected chi connectivity index (χ2v) is 5.80. The molecule has 0 nitrogen and oxygen atoms in total. The molecule has 0 heterocycles. The third kappa shape index (κ3) is 2.48. The molecule has 0 radical (unpaired) electrons. The van der Waals surface area contributed by atoms with Crippen molar-refractivity contribution in [1.82, 2.24) is 0 Å². The molecule has 0 aromatic rings. The van der Waals surface area contributed by atoms with E-state index in [0.717, 1.165) is 35.5 Å². The van der Waals surface area contributed by atoms with Gasteiger partial charge in [0, 0.05) is 0 Å². The second-order valence-electron chi connectivity index (χ2n) is 5.80. The van der Waals surface area contributed by atoms with Crippen LogP contribution in [0.2, 0.25) is 0 Å². The lowest BCUT2D eigenvalue weighted by molar-refractivity contribution is 0.175. The fourth-order valence-electron chi connectivity index (χ4n) is 3.35. The van der Waals surface area contributed by atoms with Gasteiger partial charge in [-0.15, -0.1) is 0 Å². The highest BCUT2D eigenvalue weighted by Gasteiger charge is 2.41. The standard InChI is InChI=1S/C13H26/c1-8(2)13(9(3)4)11(6)12-7-10(12)5/h8-13H,7H2,1-6H3. The maximum Gasteiger partial charge on any atom is -0.0339 e. The van der Waals surface area contributed by atoms with Gasteiger partial charge in [0.25, 0.3) is 0 Å². The average Bonchev–Trinajstić information content (AvgIpc) is 2.64. The van der Waals surface area contributed by atoms with E-state index in [0.29, 0.717) is 0 Å². The molecule has 1 fully saturated rings. The number of hydrogen-bond donors (Lipinski definition) is 0. The van der Waals surface area contributed by atoms with E-state index >= 15 is 0 Å². The lowest BCUT2D eigenvalue weighted by atomic mass is 9.74. The Labute approximate surface area is 84.1 Å². The maximum atomic E-state index is 2.47. The van der Waals surface area contributed by atoms with Crippen LogP contribution in [0.3, 0.4) is 0 Å². The Morgan fingerprint density at radius 1 is 0.923 bits per heavy atom. The van der Waals surface area contributed by atoms with Gasteiger partial charge in [0.1, 0.15) is 0 Å². The molecule has 0 heteroatoms. The van der Waals surface area contributed by atoms with Crippen molar-refractivity contribution in [2.24, 2.45) is 35.5 Å². The molecule has 0 N–H and O–H groups in total. The third-order valence-electron chi connectivity index (χ3n) is 3.99. The Morgan fingerprint density at radius 3 is 1.54 bits per heavy atom. The molecule has 78 valence electrons. The summed E-state index contributed by atoms with van der Waals surface area (Å²) in [5, 5.41) is 0. The van der Waals surface area contributed by atoms with Crippen molar-refractivity contribution in [2.45, 2.75) is 48.0 Å². The summed E-state index contributed by atoms with van der Waals surface area (Å²) in [4.78, 5) is 0. The Balaban J connectivity index is 2.54. The summed E-state index contributed by atoms with van der Waals surface area (Å²) in [6.07, 6.45) is 1.48. The lowest BCUT2D eigenvalue weighted by Crippen LogP contribution is -2.25. The fraction of sp³-hybridized carbons (Fsp3) is 1.00. The van der Waals surface area contributed by atoms with Gasteiger partial charge in [-0.3, -0.25) is 0 Å². The molecular weight excluding hydrogens is 156 g/mol. The summed E-state index contributed by atoms with van der Waals surface area (Å²) in [7, 11) is 0. The van der Waals surface area contributed by atoms with Gasteiger partial charge >= 0.3 is 0 Å². The summed E-state index contributed by atoms with van der Waals surface area (Å²) in [6.45, 7) is 14.4. The molecule has 1 aliphatic carbocycles. The van der Waals surface area contributed by atoms with Crippen LogP contribution < -0.4 is 0 Å². The van der Waals surface area contributed by atoms with E-state index in [4.69, 9.17) is 0 Å². The van der Waals surface area contributed by atoms with Crippen molar-refractivity contribution >= 4 is 0 Å². The van der Waals surface area contributed by atoms with Crippen molar-refractivity contribution in [3.8, 4) is 0 Å². The highest BCUT2D eigenvalue weighted by molar-refractivity contribution is 4.90. The first kappa shape index (κ1) is 11.1. The van der Waals surface area contributed by atoms with E-state index in [-0.39, 0.29) is 0 Å². The Hall–Kier alpha value is 0. The molecule has 0 bridgehead atoms. The van der Waals surface area contributed by atoms with Crippen molar-refractivity contribution < 1.29 is 0 Å². The van der Waals surface area contributed by atoms with Crippen LogP contribution in [0, 0.1) is 35.5 Å². The van der Waals surface area contributed by atoms with Crippen LogP contribution in [-0.4, -0.2) is 0 Å². The molecule has 0 aromatic heterocycles. The van der Waals surface area contributed by atoms with Gasteiger partial charge in [0.2, 0.25) is 0 Å². The van der Waals surface area contributed by atoms with Crippen LogP contribution in [0.15, 0.2) is 0 Å². The number of rotatable bonds is 4. The van der Waals surface area contributed by atoms with Crippen molar-refractivity contribution in [3.63, 3.8) is 0 Å². The zero-order valence-electron chi connectivity index (χ0n) is 10.2. The van der Waals surface area contributed by atoms with Crippen LogP contribution in [0.4, 0.5) is 0 Å². The summed E-state index contributed by atoms with van der Waals surface area (Å²) in [5.41, 5.74) is 0. The van der Waals surface area contributed by atoms with E-state index in [1.54, 1.807) is 0 Å². The normalized spacial score (nSPS) is 30.2. The summed E-state index contributed by atoms with van der Waals surface area (Å²) < 4.78 is 0. The molecule has 3 atom stereocenters. The monoisotopic (exact) mass is 182 g/mol. The van der Waals surface area contributed by atoms with Crippen LogP contribution in [0.5, 0.6) is 0 Å². The molecule has 0 aromatic carbocycles. The van der Waals surface area contributed by atoms with Crippen molar-refractivity contribution in [2.75, 3.05) is 0 Å². The van der Waals surface area contributed by atoms with E-state index in [1.807, 2.05) is 0 Å². The minimum Gasteiger partial charge on any atom is -0.0625 e. The van der Waals surface area contributed by atoms with Crippen LogP contribution in [0.25, 0.3) is 0 Å². The van der Waals surface area contributed by atoms with Crippen LogP contribution in [-0.2, 0) is 0 Å². The molecule has 0 amide bonds. The summed E-state index contributed by atoms with van der Waals surface area (Å²) in [5.74, 6) is 5.61. The van der Waals surface area contributed by atoms with Gasteiger partial charge in [0.05, 0.1) is 0 Å². The molecule has 0 spiro atoms. The van der Waals surface area contributed by atoms with Crippen molar-refractivity contribution in [1.29, 1.82) is 0 Å². The molecule has 0 aliphatic heterocycles. The quantitative estimate of drug-likeness (QED) is 0.611. The molecule has 0 saturated heterocycles. The zero-order valence-corrected chi connectivity index (χ0v) is 10.2. The maximum absolute atomic E-state index is 2.47. The average molecular weight is 182 g/mol. The highest BCUT2D eigenvalue weighted by Crippen LogP contribution is 2.49. The Bertz CT molecular complexity index is 149. The lowest BCUT2D eigenvalue weighted by Gasteiger charge is -2.31. The minimum atomic E-state index is 0.850. The molecule has 1 rings (SSSR count). The van der Waals surface area contributed by atoms with E-state index in [1.165, 1.54) is 6.42 Å². The van der Waals surface area contributed by atoms with E-state index in [2.05, 4.69) is 41.5 Å². The molecule has 1 aliphatic rings. The molecule has 1 saturated carbocycles. The van der Waals surface area contributed by atoms with Crippen LogP contribution in [0.1, 0.15) is 48.0 Å². The predicted octanol–water partition coefficient (Wildman–Crippen LogP) is 4.21. The van der Waals surface area contributed by atoms with Gasteiger partial charge in [0.15, 0.2) is 0 Å². The van der Waals surface area contributed by atoms with Crippen LogP contribution >= 0.6 is 0 Å². The summed E-state index contributed by atoms with van der Waals surface area (Å²) >= 11 is 0. The SMILES string of the molecule is CC(C)C(C(C)C)C(C)C1CC1C.